The summed E-state index contributed by atoms with van der Waals surface area (Å²) in [6.45, 7) is 1.95. The van der Waals surface area contributed by atoms with E-state index in [9.17, 15) is 9.59 Å². The van der Waals surface area contributed by atoms with Crippen LogP contribution in [-0.2, 0) is 0 Å². The van der Waals surface area contributed by atoms with E-state index in [1.165, 1.54) is 4.90 Å². The van der Waals surface area contributed by atoms with Crippen molar-refractivity contribution in [2.24, 2.45) is 0 Å². The second-order valence-corrected chi connectivity index (χ2v) is 5.93. The van der Waals surface area contributed by atoms with Crippen LogP contribution in [0.2, 0.25) is 0 Å². The number of para-hydroxylation sites is 1. The van der Waals surface area contributed by atoms with Gasteiger partial charge in [-0.3, -0.25) is 9.59 Å². The van der Waals surface area contributed by atoms with Crippen molar-refractivity contribution in [3.63, 3.8) is 0 Å². The predicted molar refractivity (Wildman–Crippen MR) is 103 cm³/mol. The first kappa shape index (κ1) is 17.4. The van der Waals surface area contributed by atoms with Gasteiger partial charge in [-0.05, 0) is 48.9 Å². The first-order valence-electron chi connectivity index (χ1n) is 8.23. The number of carbonyl (C=O) groups is 2. The summed E-state index contributed by atoms with van der Waals surface area (Å²) in [5, 5.41) is 2.80. The largest absolute Gasteiger partial charge is 0.321 e. The number of pyridine rings is 1. The van der Waals surface area contributed by atoms with Gasteiger partial charge >= 0.3 is 0 Å². The second kappa shape index (κ2) is 7.61. The summed E-state index contributed by atoms with van der Waals surface area (Å²) in [6, 6.07) is 21.6. The highest BCUT2D eigenvalue weighted by molar-refractivity contribution is 6.07. The minimum atomic E-state index is -0.354. The molecule has 5 heteroatoms. The lowest BCUT2D eigenvalue weighted by atomic mass is 10.2. The number of benzene rings is 2. The van der Waals surface area contributed by atoms with Crippen molar-refractivity contribution in [3.05, 3.63) is 89.7 Å². The summed E-state index contributed by atoms with van der Waals surface area (Å²) in [6.07, 6.45) is 0. The summed E-state index contributed by atoms with van der Waals surface area (Å²) < 4.78 is 0. The molecule has 3 aromatic rings. The van der Waals surface area contributed by atoms with E-state index < -0.39 is 0 Å². The van der Waals surface area contributed by atoms with Gasteiger partial charge < -0.3 is 10.2 Å². The summed E-state index contributed by atoms with van der Waals surface area (Å²) in [5.74, 6) is -0.631. The Morgan fingerprint density at radius 1 is 0.885 bits per heavy atom. The number of aryl methyl sites for hydroxylation is 1. The molecule has 0 radical (unpaired) electrons. The van der Waals surface area contributed by atoms with E-state index >= 15 is 0 Å². The Bertz CT molecular complexity index is 939. The van der Waals surface area contributed by atoms with Gasteiger partial charge in [0.25, 0.3) is 11.8 Å². The molecule has 0 aliphatic carbocycles. The Morgan fingerprint density at radius 2 is 1.58 bits per heavy atom. The average Bonchev–Trinajstić information content (AvgIpc) is 2.67. The molecule has 26 heavy (non-hydrogen) atoms. The van der Waals surface area contributed by atoms with Gasteiger partial charge in [-0.1, -0.05) is 36.4 Å². The maximum atomic E-state index is 12.7. The minimum Gasteiger partial charge on any atom is -0.321 e. The SMILES string of the molecule is Cc1cccc(NC(=O)c2cccc(C(=O)N(C)c3ccccc3)n2)c1. The number of anilines is 2. The third-order valence-electron chi connectivity index (χ3n) is 3.92. The maximum Gasteiger partial charge on any atom is 0.276 e. The van der Waals surface area contributed by atoms with E-state index in [-0.39, 0.29) is 23.2 Å². The standard InChI is InChI=1S/C21H19N3O2/c1-15-8-6-9-16(14-15)22-20(25)18-12-7-13-19(23-18)21(26)24(2)17-10-4-3-5-11-17/h3-14H,1-2H3,(H,22,25). The molecule has 0 aliphatic heterocycles. The number of hydrogen-bond donors (Lipinski definition) is 1. The molecule has 130 valence electrons. The summed E-state index contributed by atoms with van der Waals surface area (Å²) in [4.78, 5) is 30.8. The van der Waals surface area contributed by atoms with Crippen LogP contribution in [-0.4, -0.2) is 23.8 Å². The Kier molecular flexibility index (Phi) is 5.08. The molecule has 1 N–H and O–H groups in total. The van der Waals surface area contributed by atoms with Crippen molar-refractivity contribution in [1.82, 2.24) is 4.98 Å². The molecule has 1 aromatic heterocycles. The van der Waals surface area contributed by atoms with E-state index in [0.717, 1.165) is 11.3 Å². The predicted octanol–water partition coefficient (Wildman–Crippen LogP) is 3.92. The fraction of sp³-hybridized carbons (Fsp3) is 0.0952. The van der Waals surface area contributed by atoms with Crippen molar-refractivity contribution < 1.29 is 9.59 Å². The lowest BCUT2D eigenvalue weighted by Crippen LogP contribution is -2.27. The highest BCUT2D eigenvalue weighted by Crippen LogP contribution is 2.15. The van der Waals surface area contributed by atoms with E-state index in [4.69, 9.17) is 0 Å². The number of rotatable bonds is 4. The van der Waals surface area contributed by atoms with Crippen LogP contribution in [0.5, 0.6) is 0 Å². The van der Waals surface area contributed by atoms with Crippen molar-refractivity contribution in [2.45, 2.75) is 6.92 Å². The quantitative estimate of drug-likeness (QED) is 0.779. The highest BCUT2D eigenvalue weighted by Gasteiger charge is 2.17. The summed E-state index contributed by atoms with van der Waals surface area (Å²) in [5.41, 5.74) is 2.90. The van der Waals surface area contributed by atoms with E-state index in [1.807, 2.05) is 61.5 Å². The van der Waals surface area contributed by atoms with Gasteiger partial charge in [-0.25, -0.2) is 4.98 Å². The van der Waals surface area contributed by atoms with Crippen LogP contribution in [0.15, 0.2) is 72.8 Å². The number of hydrogen-bond acceptors (Lipinski definition) is 3. The fourth-order valence-corrected chi connectivity index (χ4v) is 2.54. The molecule has 0 atom stereocenters. The van der Waals surface area contributed by atoms with Gasteiger partial charge in [0.05, 0.1) is 0 Å². The minimum absolute atomic E-state index is 0.193. The molecule has 2 amide bonds. The topological polar surface area (TPSA) is 62.3 Å². The lowest BCUT2D eigenvalue weighted by Gasteiger charge is -2.17. The van der Waals surface area contributed by atoms with Gasteiger partial charge in [0.15, 0.2) is 0 Å². The van der Waals surface area contributed by atoms with E-state index in [1.54, 1.807) is 25.2 Å². The molecule has 2 aromatic carbocycles. The molecule has 5 nitrogen and oxygen atoms in total. The molecule has 0 bridgehead atoms. The molecule has 0 spiro atoms. The number of aromatic nitrogens is 1. The third-order valence-corrected chi connectivity index (χ3v) is 3.92. The summed E-state index contributed by atoms with van der Waals surface area (Å²) in [7, 11) is 1.68. The van der Waals surface area contributed by atoms with Crippen LogP contribution in [0.1, 0.15) is 26.5 Å². The van der Waals surface area contributed by atoms with Gasteiger partial charge in [0.1, 0.15) is 11.4 Å². The molecule has 1 heterocycles. The number of nitrogens with one attached hydrogen (secondary N) is 1. The Morgan fingerprint density at radius 3 is 2.31 bits per heavy atom. The Hall–Kier alpha value is -3.47. The van der Waals surface area contributed by atoms with Crippen LogP contribution in [0.3, 0.4) is 0 Å². The average molecular weight is 345 g/mol. The molecule has 0 unspecified atom stereocenters. The first-order chi connectivity index (χ1) is 12.5. The second-order valence-electron chi connectivity index (χ2n) is 5.93. The smallest absolute Gasteiger partial charge is 0.276 e. The summed E-state index contributed by atoms with van der Waals surface area (Å²) >= 11 is 0. The Balaban J connectivity index is 1.79. The van der Waals surface area contributed by atoms with Crippen LogP contribution in [0.25, 0.3) is 0 Å². The molecule has 0 fully saturated rings. The normalized spacial score (nSPS) is 10.2. The maximum absolute atomic E-state index is 12.7. The van der Waals surface area contributed by atoms with Crippen LogP contribution in [0, 0.1) is 6.92 Å². The first-order valence-corrected chi connectivity index (χ1v) is 8.23. The zero-order valence-electron chi connectivity index (χ0n) is 14.6. The van der Waals surface area contributed by atoms with Gasteiger partial charge in [0.2, 0.25) is 0 Å². The van der Waals surface area contributed by atoms with Gasteiger partial charge in [-0.2, -0.15) is 0 Å². The number of nitrogens with zero attached hydrogens (tertiary/aromatic N) is 2. The zero-order valence-corrected chi connectivity index (χ0v) is 14.6. The lowest BCUT2D eigenvalue weighted by molar-refractivity contribution is 0.0988. The molecule has 3 rings (SSSR count). The fourth-order valence-electron chi connectivity index (χ4n) is 2.54. The van der Waals surface area contributed by atoms with Crippen LogP contribution >= 0.6 is 0 Å². The Labute approximate surface area is 152 Å². The molecular formula is C21H19N3O2. The third kappa shape index (κ3) is 3.95. The number of carbonyl (C=O) groups excluding carboxylic acids is 2. The van der Waals surface area contributed by atoms with Crippen molar-refractivity contribution in [2.75, 3.05) is 17.3 Å². The van der Waals surface area contributed by atoms with Gasteiger partial charge in [-0.15, -0.1) is 0 Å². The van der Waals surface area contributed by atoms with Crippen LogP contribution in [0.4, 0.5) is 11.4 Å². The van der Waals surface area contributed by atoms with E-state index in [0.29, 0.717) is 5.69 Å². The molecular weight excluding hydrogens is 326 g/mol. The van der Waals surface area contributed by atoms with E-state index in [2.05, 4.69) is 10.3 Å². The molecule has 0 aliphatic rings. The van der Waals surface area contributed by atoms with Crippen molar-refractivity contribution in [1.29, 1.82) is 0 Å². The molecule has 0 saturated carbocycles. The monoisotopic (exact) mass is 345 g/mol. The molecule has 0 saturated heterocycles. The van der Waals surface area contributed by atoms with Crippen molar-refractivity contribution in [3.8, 4) is 0 Å². The number of amides is 2. The zero-order chi connectivity index (χ0) is 18.5. The van der Waals surface area contributed by atoms with Crippen LogP contribution < -0.4 is 10.2 Å². The van der Waals surface area contributed by atoms with Gasteiger partial charge in [0, 0.05) is 18.4 Å². The highest BCUT2D eigenvalue weighted by atomic mass is 16.2. The van der Waals surface area contributed by atoms with Crippen molar-refractivity contribution >= 4 is 23.2 Å².